The second-order valence-corrected chi connectivity index (χ2v) is 22.2. The van der Waals surface area contributed by atoms with Crippen LogP contribution in [0.1, 0.15) is 283 Å². The molecule has 0 bridgehead atoms. The van der Waals surface area contributed by atoms with Gasteiger partial charge in [-0.25, -0.2) is 0 Å². The molecule has 0 spiro atoms. The predicted octanol–water partition coefficient (Wildman–Crippen LogP) is 20.3. The van der Waals surface area contributed by atoms with Crippen LogP contribution in [0.5, 0.6) is 11.5 Å². The molecule has 0 N–H and O–H groups in total. The fraction of sp³-hybridized carbons (Fsp3) is 0.793. The van der Waals surface area contributed by atoms with E-state index >= 15 is 0 Å². The van der Waals surface area contributed by atoms with E-state index in [0.717, 1.165) is 37.6 Å². The maximum absolute atomic E-state index is 6.56. The van der Waals surface area contributed by atoms with Gasteiger partial charge in [-0.15, -0.1) is 0 Å². The van der Waals surface area contributed by atoms with Crippen LogP contribution < -0.4 is 9.47 Å². The van der Waals surface area contributed by atoms with Crippen LogP contribution in [0.15, 0.2) is 34.1 Å². The van der Waals surface area contributed by atoms with Gasteiger partial charge in [-0.05, 0) is 72.9 Å². The molecular weight excluding hydrogens is 761 g/mol. The normalized spacial score (nSPS) is 12.1. The van der Waals surface area contributed by atoms with Gasteiger partial charge < -0.3 is 9.47 Å². The number of hydrogen-bond donors (Lipinski definition) is 0. The fourth-order valence-electron chi connectivity index (χ4n) is 8.74. The van der Waals surface area contributed by atoms with E-state index in [1.807, 2.05) is 11.8 Å². The summed E-state index contributed by atoms with van der Waals surface area (Å²) in [5.41, 5.74) is 5.21. The van der Waals surface area contributed by atoms with Gasteiger partial charge in [-0.1, -0.05) is 260 Å². The molecule has 0 radical (unpaired) electrons. The van der Waals surface area contributed by atoms with Crippen molar-refractivity contribution in [1.29, 1.82) is 0 Å². The number of ether oxygens (including phenoxy) is 2. The SMILES string of the molecule is CCCCCCCCCCCCCCCCCCOc1cc(C)c(Sc2cc(C(C)(C)C)c(OCCCCCCCCCCCCCCCCCC)cc2C)cc1C(C)(C)C. The Morgan fingerprint density at radius 2 is 0.574 bits per heavy atom. The Hall–Kier alpha value is -1.61. The van der Waals surface area contributed by atoms with Crippen molar-refractivity contribution >= 4 is 11.8 Å². The number of unbranched alkanes of at least 4 members (excludes halogenated alkanes) is 30. The van der Waals surface area contributed by atoms with Crippen LogP contribution in [-0.4, -0.2) is 13.2 Å². The predicted molar refractivity (Wildman–Crippen MR) is 274 cm³/mol. The molecule has 61 heavy (non-hydrogen) atoms. The Morgan fingerprint density at radius 1 is 0.344 bits per heavy atom. The highest BCUT2D eigenvalue weighted by Crippen LogP contribution is 2.43. The van der Waals surface area contributed by atoms with Crippen molar-refractivity contribution in [1.82, 2.24) is 0 Å². The summed E-state index contributed by atoms with van der Waals surface area (Å²) >= 11 is 1.91. The van der Waals surface area contributed by atoms with Crippen molar-refractivity contribution < 1.29 is 9.47 Å². The number of hydrogen-bond acceptors (Lipinski definition) is 3. The van der Waals surface area contributed by atoms with E-state index in [1.54, 1.807) is 0 Å². The Balaban J connectivity index is 1.76. The molecule has 0 aromatic heterocycles. The third-order valence-corrected chi connectivity index (χ3v) is 14.2. The second-order valence-electron chi connectivity index (χ2n) is 21.1. The van der Waals surface area contributed by atoms with Crippen LogP contribution >= 0.6 is 11.8 Å². The van der Waals surface area contributed by atoms with Crippen molar-refractivity contribution in [3.8, 4) is 11.5 Å². The molecule has 2 rings (SSSR count). The average molecular weight is 864 g/mol. The van der Waals surface area contributed by atoms with Crippen LogP contribution in [0, 0.1) is 13.8 Å². The zero-order valence-electron chi connectivity index (χ0n) is 42.6. The van der Waals surface area contributed by atoms with Crippen molar-refractivity contribution in [2.75, 3.05) is 13.2 Å². The van der Waals surface area contributed by atoms with Gasteiger partial charge >= 0.3 is 0 Å². The molecular formula is C58H102O2S. The molecule has 2 nitrogen and oxygen atoms in total. The van der Waals surface area contributed by atoms with Gasteiger partial charge in [0.15, 0.2) is 0 Å². The van der Waals surface area contributed by atoms with Crippen molar-refractivity contribution in [2.45, 2.75) is 295 Å². The molecule has 0 saturated heterocycles. The molecule has 0 unspecified atom stereocenters. The molecule has 0 atom stereocenters. The van der Waals surface area contributed by atoms with Crippen molar-refractivity contribution in [3.63, 3.8) is 0 Å². The molecule has 352 valence electrons. The lowest BCUT2D eigenvalue weighted by atomic mass is 9.85. The summed E-state index contributed by atoms with van der Waals surface area (Å²) in [6.45, 7) is 24.7. The highest BCUT2D eigenvalue weighted by molar-refractivity contribution is 7.99. The maximum Gasteiger partial charge on any atom is 0.123 e. The quantitative estimate of drug-likeness (QED) is 0.0627. The van der Waals surface area contributed by atoms with E-state index < -0.39 is 0 Å². The van der Waals surface area contributed by atoms with Gasteiger partial charge in [-0.2, -0.15) is 0 Å². The van der Waals surface area contributed by atoms with Crippen molar-refractivity contribution in [3.05, 3.63) is 46.5 Å². The summed E-state index contributed by atoms with van der Waals surface area (Å²) < 4.78 is 13.1. The minimum absolute atomic E-state index is 0.00294. The van der Waals surface area contributed by atoms with Gasteiger partial charge in [-0.3, -0.25) is 0 Å². The third kappa shape index (κ3) is 26.1. The highest BCUT2D eigenvalue weighted by Gasteiger charge is 2.24. The zero-order valence-corrected chi connectivity index (χ0v) is 43.4. The van der Waals surface area contributed by atoms with Gasteiger partial charge in [0.05, 0.1) is 13.2 Å². The van der Waals surface area contributed by atoms with E-state index in [0.29, 0.717) is 0 Å². The first kappa shape index (κ1) is 55.5. The first-order valence-electron chi connectivity index (χ1n) is 26.6. The molecule has 3 heteroatoms. The standard InChI is InChI=1S/C58H102O2S/c1-11-13-15-17-19-21-23-25-27-29-31-33-35-37-39-41-43-59-53-45-49(3)55(47-51(53)57(5,6)7)61-56-48-52(58(8,9)10)54(46-50(56)4)60-44-42-40-38-36-34-32-30-28-26-24-22-20-18-16-14-12-2/h45-48H,11-44H2,1-10H3. The Kier molecular flexibility index (Phi) is 30.8. The Labute approximate surface area is 386 Å². The van der Waals surface area contributed by atoms with Gasteiger partial charge in [0.25, 0.3) is 0 Å². The van der Waals surface area contributed by atoms with Crippen LogP contribution in [0.3, 0.4) is 0 Å². The monoisotopic (exact) mass is 863 g/mol. The summed E-state index contributed by atoms with van der Waals surface area (Å²) in [5.74, 6) is 2.14. The van der Waals surface area contributed by atoms with Gasteiger partial charge in [0.2, 0.25) is 0 Å². The Morgan fingerprint density at radius 3 is 0.803 bits per heavy atom. The molecule has 0 heterocycles. The average Bonchev–Trinajstić information content (AvgIpc) is 3.21. The smallest absolute Gasteiger partial charge is 0.123 e. The maximum atomic E-state index is 6.56. The zero-order chi connectivity index (χ0) is 44.6. The Bertz CT molecular complexity index is 1260. The van der Waals surface area contributed by atoms with E-state index in [4.69, 9.17) is 9.47 Å². The molecule has 2 aromatic rings. The lowest BCUT2D eigenvalue weighted by Crippen LogP contribution is -2.15. The molecule has 2 aromatic carbocycles. The van der Waals surface area contributed by atoms with Crippen molar-refractivity contribution in [2.24, 2.45) is 0 Å². The van der Waals surface area contributed by atoms with E-state index in [-0.39, 0.29) is 10.8 Å². The van der Waals surface area contributed by atoms with E-state index in [9.17, 15) is 0 Å². The number of benzene rings is 2. The van der Waals surface area contributed by atoms with Gasteiger partial charge in [0, 0.05) is 20.9 Å². The lowest BCUT2D eigenvalue weighted by Gasteiger charge is -2.26. The first-order chi connectivity index (χ1) is 29.4. The number of aryl methyl sites for hydroxylation is 2. The third-order valence-electron chi connectivity index (χ3n) is 12.9. The summed E-state index contributed by atoms with van der Waals surface area (Å²) in [7, 11) is 0. The minimum Gasteiger partial charge on any atom is -0.493 e. The number of rotatable bonds is 38. The topological polar surface area (TPSA) is 18.5 Å². The first-order valence-corrected chi connectivity index (χ1v) is 27.4. The second kappa shape index (κ2) is 33.8. The fourth-order valence-corrected chi connectivity index (χ4v) is 9.77. The van der Waals surface area contributed by atoms with E-state index in [2.05, 4.69) is 93.5 Å². The molecule has 0 aliphatic heterocycles. The lowest BCUT2D eigenvalue weighted by molar-refractivity contribution is 0.296. The molecule has 0 aliphatic carbocycles. The summed E-state index contributed by atoms with van der Waals surface area (Å²) in [4.78, 5) is 2.65. The largest absolute Gasteiger partial charge is 0.493 e. The summed E-state index contributed by atoms with van der Waals surface area (Å²) in [5, 5.41) is 0. The van der Waals surface area contributed by atoms with Crippen LogP contribution in [0.4, 0.5) is 0 Å². The molecule has 0 aliphatic rings. The van der Waals surface area contributed by atoms with E-state index in [1.165, 1.54) is 225 Å². The van der Waals surface area contributed by atoms with Crippen LogP contribution in [-0.2, 0) is 10.8 Å². The highest BCUT2D eigenvalue weighted by atomic mass is 32.2. The summed E-state index contributed by atoms with van der Waals surface area (Å²) in [6.07, 6.45) is 44.5. The van der Waals surface area contributed by atoms with Crippen LogP contribution in [0.2, 0.25) is 0 Å². The molecule has 0 saturated carbocycles. The van der Waals surface area contributed by atoms with Gasteiger partial charge in [0.1, 0.15) is 11.5 Å². The summed E-state index contributed by atoms with van der Waals surface area (Å²) in [6, 6.07) is 9.46. The molecule has 0 amide bonds. The minimum atomic E-state index is 0.00294. The van der Waals surface area contributed by atoms with Crippen LogP contribution in [0.25, 0.3) is 0 Å². The molecule has 0 fully saturated rings.